The standard InChI is InChI=1S/C14H20N2O3/c1-2-19-13-6-4-3-5-12(13)16-8-7-15-11(10-16)9-14(17)18/h3-6,11,15H,2,7-10H2,1H3,(H,17,18). The average molecular weight is 264 g/mol. The first kappa shape index (κ1) is 13.7. The molecule has 5 heteroatoms. The summed E-state index contributed by atoms with van der Waals surface area (Å²) in [6, 6.07) is 7.89. The van der Waals surface area contributed by atoms with Crippen molar-refractivity contribution in [1.29, 1.82) is 0 Å². The number of anilines is 1. The van der Waals surface area contributed by atoms with Gasteiger partial charge in [0.25, 0.3) is 0 Å². The van der Waals surface area contributed by atoms with E-state index < -0.39 is 5.97 Å². The van der Waals surface area contributed by atoms with Crippen LogP contribution < -0.4 is 15.0 Å². The van der Waals surface area contributed by atoms with Gasteiger partial charge in [-0.15, -0.1) is 0 Å². The Morgan fingerprint density at radius 1 is 1.53 bits per heavy atom. The molecule has 0 aliphatic carbocycles. The van der Waals surface area contributed by atoms with Gasteiger partial charge < -0.3 is 20.1 Å². The quantitative estimate of drug-likeness (QED) is 0.840. The van der Waals surface area contributed by atoms with E-state index in [0.717, 1.165) is 24.5 Å². The van der Waals surface area contributed by atoms with Crippen molar-refractivity contribution in [2.45, 2.75) is 19.4 Å². The number of carbonyl (C=O) groups is 1. The van der Waals surface area contributed by atoms with Crippen molar-refractivity contribution in [3.8, 4) is 5.75 Å². The Morgan fingerprint density at radius 3 is 3.05 bits per heavy atom. The van der Waals surface area contributed by atoms with E-state index in [1.165, 1.54) is 0 Å². The fraction of sp³-hybridized carbons (Fsp3) is 0.500. The molecule has 1 fully saturated rings. The summed E-state index contributed by atoms with van der Waals surface area (Å²) in [5, 5.41) is 12.1. The van der Waals surface area contributed by atoms with Gasteiger partial charge in [-0.3, -0.25) is 4.79 Å². The van der Waals surface area contributed by atoms with Crippen LogP contribution in [0.15, 0.2) is 24.3 Å². The zero-order valence-corrected chi connectivity index (χ0v) is 11.1. The van der Waals surface area contributed by atoms with Crippen LogP contribution in [0.4, 0.5) is 5.69 Å². The van der Waals surface area contributed by atoms with Crippen molar-refractivity contribution in [3.05, 3.63) is 24.3 Å². The lowest BCUT2D eigenvalue weighted by Gasteiger charge is -2.35. The molecule has 0 spiro atoms. The smallest absolute Gasteiger partial charge is 0.304 e. The molecule has 2 N–H and O–H groups in total. The van der Waals surface area contributed by atoms with Crippen molar-refractivity contribution >= 4 is 11.7 Å². The summed E-state index contributed by atoms with van der Waals surface area (Å²) in [6.45, 7) is 4.93. The van der Waals surface area contributed by atoms with Crippen molar-refractivity contribution in [1.82, 2.24) is 5.32 Å². The molecule has 1 aliphatic rings. The first-order chi connectivity index (χ1) is 9.20. The number of piperazine rings is 1. The Bertz CT molecular complexity index is 436. The second-order valence-corrected chi connectivity index (χ2v) is 4.60. The van der Waals surface area contributed by atoms with Crippen LogP contribution in [0.1, 0.15) is 13.3 Å². The number of hydrogen-bond acceptors (Lipinski definition) is 4. The van der Waals surface area contributed by atoms with E-state index in [9.17, 15) is 4.79 Å². The fourth-order valence-electron chi connectivity index (χ4n) is 2.39. The number of hydrogen-bond donors (Lipinski definition) is 2. The minimum absolute atomic E-state index is 0.0130. The van der Waals surface area contributed by atoms with Crippen LogP contribution in [0.5, 0.6) is 5.75 Å². The molecule has 1 heterocycles. The van der Waals surface area contributed by atoms with E-state index in [1.807, 2.05) is 31.2 Å². The van der Waals surface area contributed by atoms with Gasteiger partial charge in [-0.2, -0.15) is 0 Å². The first-order valence-corrected chi connectivity index (χ1v) is 6.62. The van der Waals surface area contributed by atoms with Gasteiger partial charge in [-0.25, -0.2) is 0 Å². The predicted octanol–water partition coefficient (Wildman–Crippen LogP) is 1.34. The third-order valence-electron chi connectivity index (χ3n) is 3.18. The van der Waals surface area contributed by atoms with Gasteiger partial charge in [0, 0.05) is 25.7 Å². The highest BCUT2D eigenvalue weighted by Gasteiger charge is 2.23. The molecule has 19 heavy (non-hydrogen) atoms. The summed E-state index contributed by atoms with van der Waals surface area (Å²) in [6.07, 6.45) is 0.146. The highest BCUT2D eigenvalue weighted by atomic mass is 16.5. The number of carboxylic acid groups (broad SMARTS) is 1. The maximum absolute atomic E-state index is 10.8. The van der Waals surface area contributed by atoms with Gasteiger partial charge in [0.15, 0.2) is 0 Å². The number of rotatable bonds is 5. The normalized spacial score (nSPS) is 19.2. The molecule has 0 aromatic heterocycles. The van der Waals surface area contributed by atoms with Crippen molar-refractivity contribution in [2.75, 3.05) is 31.1 Å². The molecule has 0 saturated carbocycles. The second kappa shape index (κ2) is 6.43. The average Bonchev–Trinajstić information content (AvgIpc) is 2.39. The lowest BCUT2D eigenvalue weighted by molar-refractivity contribution is -0.137. The minimum atomic E-state index is -0.766. The SMILES string of the molecule is CCOc1ccccc1N1CCNC(CC(=O)O)C1. The number of nitrogens with one attached hydrogen (secondary N) is 1. The molecule has 1 unspecified atom stereocenters. The Balaban J connectivity index is 2.10. The van der Waals surface area contributed by atoms with Gasteiger partial charge in [0.05, 0.1) is 18.7 Å². The Morgan fingerprint density at radius 2 is 2.32 bits per heavy atom. The van der Waals surface area contributed by atoms with Crippen LogP contribution in [-0.2, 0) is 4.79 Å². The molecule has 1 aromatic rings. The molecule has 0 radical (unpaired) electrons. The van der Waals surface area contributed by atoms with Gasteiger partial charge in [0.1, 0.15) is 5.75 Å². The third kappa shape index (κ3) is 3.61. The molecular weight excluding hydrogens is 244 g/mol. The summed E-state index contributed by atoms with van der Waals surface area (Å²) in [7, 11) is 0. The number of para-hydroxylation sites is 2. The summed E-state index contributed by atoms with van der Waals surface area (Å²) in [5.41, 5.74) is 1.04. The summed E-state index contributed by atoms with van der Waals surface area (Å²) >= 11 is 0. The number of ether oxygens (including phenoxy) is 1. The maximum atomic E-state index is 10.8. The fourth-order valence-corrected chi connectivity index (χ4v) is 2.39. The minimum Gasteiger partial charge on any atom is -0.492 e. The van der Waals surface area contributed by atoms with Crippen LogP contribution in [0, 0.1) is 0 Å². The van der Waals surface area contributed by atoms with Crippen molar-refractivity contribution < 1.29 is 14.6 Å². The van der Waals surface area contributed by atoms with E-state index in [-0.39, 0.29) is 12.5 Å². The van der Waals surface area contributed by atoms with Crippen LogP contribution in [0.3, 0.4) is 0 Å². The summed E-state index contributed by atoms with van der Waals surface area (Å²) in [5.74, 6) is 0.0958. The maximum Gasteiger partial charge on any atom is 0.304 e. The lowest BCUT2D eigenvalue weighted by Crippen LogP contribution is -2.51. The molecule has 1 aromatic carbocycles. The lowest BCUT2D eigenvalue weighted by atomic mass is 10.1. The van der Waals surface area contributed by atoms with Crippen LogP contribution in [-0.4, -0.2) is 43.4 Å². The Kier molecular flexibility index (Phi) is 4.63. The van der Waals surface area contributed by atoms with Crippen molar-refractivity contribution in [2.24, 2.45) is 0 Å². The zero-order chi connectivity index (χ0) is 13.7. The molecule has 0 bridgehead atoms. The van der Waals surface area contributed by atoms with Gasteiger partial charge in [-0.1, -0.05) is 12.1 Å². The Labute approximate surface area is 113 Å². The van der Waals surface area contributed by atoms with Crippen LogP contribution >= 0.6 is 0 Å². The predicted molar refractivity (Wildman–Crippen MR) is 73.9 cm³/mol. The molecule has 2 rings (SSSR count). The molecule has 104 valence electrons. The summed E-state index contributed by atoms with van der Waals surface area (Å²) < 4.78 is 5.63. The number of carboxylic acids is 1. The van der Waals surface area contributed by atoms with E-state index in [4.69, 9.17) is 9.84 Å². The van der Waals surface area contributed by atoms with E-state index in [0.29, 0.717) is 13.2 Å². The van der Waals surface area contributed by atoms with Gasteiger partial charge >= 0.3 is 5.97 Å². The molecular formula is C14H20N2O3. The topological polar surface area (TPSA) is 61.8 Å². The van der Waals surface area contributed by atoms with Gasteiger partial charge in [0.2, 0.25) is 0 Å². The highest BCUT2D eigenvalue weighted by Crippen LogP contribution is 2.28. The molecule has 1 atom stereocenters. The third-order valence-corrected chi connectivity index (χ3v) is 3.18. The second-order valence-electron chi connectivity index (χ2n) is 4.60. The summed E-state index contributed by atoms with van der Waals surface area (Å²) in [4.78, 5) is 13.0. The van der Waals surface area contributed by atoms with Crippen LogP contribution in [0.25, 0.3) is 0 Å². The van der Waals surface area contributed by atoms with E-state index in [2.05, 4.69) is 10.2 Å². The number of aliphatic carboxylic acids is 1. The molecule has 1 saturated heterocycles. The number of benzene rings is 1. The molecule has 5 nitrogen and oxygen atoms in total. The highest BCUT2D eigenvalue weighted by molar-refractivity contribution is 5.68. The monoisotopic (exact) mass is 264 g/mol. The van der Waals surface area contributed by atoms with Gasteiger partial charge in [-0.05, 0) is 19.1 Å². The van der Waals surface area contributed by atoms with Crippen LogP contribution in [0.2, 0.25) is 0 Å². The largest absolute Gasteiger partial charge is 0.492 e. The van der Waals surface area contributed by atoms with E-state index >= 15 is 0 Å². The molecule has 0 amide bonds. The zero-order valence-electron chi connectivity index (χ0n) is 11.1. The Hall–Kier alpha value is -1.75. The molecule has 1 aliphatic heterocycles. The number of nitrogens with zero attached hydrogens (tertiary/aromatic N) is 1. The first-order valence-electron chi connectivity index (χ1n) is 6.62. The van der Waals surface area contributed by atoms with E-state index in [1.54, 1.807) is 0 Å². The van der Waals surface area contributed by atoms with Crippen molar-refractivity contribution in [3.63, 3.8) is 0 Å².